The van der Waals surface area contributed by atoms with Crippen molar-refractivity contribution in [1.82, 2.24) is 5.32 Å². The molecular weight excluding hydrogens is 319 g/mol. The van der Waals surface area contributed by atoms with Gasteiger partial charge in [0.15, 0.2) is 0 Å². The summed E-state index contributed by atoms with van der Waals surface area (Å²) in [6.07, 6.45) is -6.64. The van der Waals surface area contributed by atoms with Crippen molar-refractivity contribution in [3.8, 4) is 11.5 Å². The topological polar surface area (TPSA) is 88.0 Å². The lowest BCUT2D eigenvalue weighted by Crippen LogP contribution is -2.37. The van der Waals surface area contributed by atoms with Gasteiger partial charge in [-0.2, -0.15) is 13.2 Å². The predicted octanol–water partition coefficient (Wildman–Crippen LogP) is 1.81. The number of carbonyl (C=O) groups excluding carboxylic acids is 1. The van der Waals surface area contributed by atoms with Crippen molar-refractivity contribution in [3.05, 3.63) is 23.8 Å². The minimum Gasteiger partial charge on any atom is -0.507 e. The van der Waals surface area contributed by atoms with Crippen LogP contribution in [-0.4, -0.2) is 48.8 Å². The Morgan fingerprint density at radius 1 is 1.39 bits per heavy atom. The van der Waals surface area contributed by atoms with Gasteiger partial charge in [0.1, 0.15) is 17.7 Å². The second-order valence-electron chi connectivity index (χ2n) is 4.69. The normalized spacial score (nSPS) is 12.7. The standard InChI is InChI=1S/C14H18F3NO5/c1-22-8-12(20)18-13(21)10-4-3-9(7-11(10)19)23-6-2-5-14(15,16)17/h3-4,7,12,19-20H,2,5-6,8H2,1H3,(H,18,21). The van der Waals surface area contributed by atoms with Gasteiger partial charge in [0.05, 0.1) is 18.8 Å². The highest BCUT2D eigenvalue weighted by Gasteiger charge is 2.26. The summed E-state index contributed by atoms with van der Waals surface area (Å²) < 4.78 is 45.6. The number of benzene rings is 1. The summed E-state index contributed by atoms with van der Waals surface area (Å²) in [5.41, 5.74) is -0.109. The first-order valence-corrected chi connectivity index (χ1v) is 6.73. The number of nitrogens with one attached hydrogen (secondary N) is 1. The number of rotatable bonds is 8. The van der Waals surface area contributed by atoms with Crippen molar-refractivity contribution in [3.63, 3.8) is 0 Å². The molecule has 1 amide bonds. The summed E-state index contributed by atoms with van der Waals surface area (Å²) >= 11 is 0. The Morgan fingerprint density at radius 2 is 2.09 bits per heavy atom. The maximum Gasteiger partial charge on any atom is 0.389 e. The summed E-state index contributed by atoms with van der Waals surface area (Å²) in [4.78, 5) is 11.8. The van der Waals surface area contributed by atoms with Gasteiger partial charge < -0.3 is 25.0 Å². The summed E-state index contributed by atoms with van der Waals surface area (Å²) in [6.45, 7) is -0.288. The van der Waals surface area contributed by atoms with Gasteiger partial charge in [-0.3, -0.25) is 4.79 Å². The molecule has 1 aromatic carbocycles. The van der Waals surface area contributed by atoms with E-state index in [1.54, 1.807) is 0 Å². The molecule has 0 saturated carbocycles. The van der Waals surface area contributed by atoms with Gasteiger partial charge in [-0.15, -0.1) is 0 Å². The van der Waals surface area contributed by atoms with Gasteiger partial charge in [0.25, 0.3) is 5.91 Å². The van der Waals surface area contributed by atoms with Crippen LogP contribution in [0.5, 0.6) is 11.5 Å². The van der Waals surface area contributed by atoms with Gasteiger partial charge in [-0.25, -0.2) is 0 Å². The van der Waals surface area contributed by atoms with Crippen LogP contribution in [0.4, 0.5) is 13.2 Å². The van der Waals surface area contributed by atoms with Crippen LogP contribution >= 0.6 is 0 Å². The first kappa shape index (κ1) is 19.0. The molecule has 0 radical (unpaired) electrons. The molecule has 1 aromatic rings. The summed E-state index contributed by atoms with van der Waals surface area (Å²) in [5, 5.41) is 21.3. The van der Waals surface area contributed by atoms with Crippen LogP contribution in [-0.2, 0) is 4.74 Å². The van der Waals surface area contributed by atoms with Crippen LogP contribution in [0.15, 0.2) is 18.2 Å². The molecule has 1 rings (SSSR count). The number of hydrogen-bond acceptors (Lipinski definition) is 5. The maximum atomic E-state index is 12.0. The zero-order valence-electron chi connectivity index (χ0n) is 12.4. The molecule has 1 unspecified atom stereocenters. The third-order valence-electron chi connectivity index (χ3n) is 2.71. The molecule has 0 heterocycles. The average Bonchev–Trinajstić information content (AvgIpc) is 2.42. The number of phenolic OH excluding ortho intramolecular Hbond substituents is 1. The highest BCUT2D eigenvalue weighted by molar-refractivity contribution is 5.97. The molecular formula is C14H18F3NO5. The monoisotopic (exact) mass is 337 g/mol. The Hall–Kier alpha value is -2.00. The molecule has 0 aliphatic carbocycles. The van der Waals surface area contributed by atoms with Crippen LogP contribution in [0.2, 0.25) is 0 Å². The van der Waals surface area contributed by atoms with E-state index in [-0.39, 0.29) is 30.9 Å². The van der Waals surface area contributed by atoms with Crippen molar-refractivity contribution in [1.29, 1.82) is 0 Å². The Kier molecular flexibility index (Phi) is 7.11. The van der Waals surface area contributed by atoms with E-state index in [1.165, 1.54) is 19.2 Å². The zero-order valence-corrected chi connectivity index (χ0v) is 12.4. The Balaban J connectivity index is 2.55. The van der Waals surface area contributed by atoms with Crippen LogP contribution in [0.25, 0.3) is 0 Å². The van der Waals surface area contributed by atoms with Gasteiger partial charge in [0, 0.05) is 19.6 Å². The number of aliphatic hydroxyl groups excluding tert-OH is 1. The third kappa shape index (κ3) is 7.20. The first-order chi connectivity index (χ1) is 10.7. The fourth-order valence-corrected chi connectivity index (χ4v) is 1.68. The lowest BCUT2D eigenvalue weighted by molar-refractivity contribution is -0.136. The number of hydrogen-bond donors (Lipinski definition) is 3. The molecule has 0 aliphatic heterocycles. The van der Waals surface area contributed by atoms with Gasteiger partial charge >= 0.3 is 6.18 Å². The molecule has 0 bridgehead atoms. The average molecular weight is 337 g/mol. The summed E-state index contributed by atoms with van der Waals surface area (Å²) in [6, 6.07) is 3.69. The Morgan fingerprint density at radius 3 is 2.65 bits per heavy atom. The number of amides is 1. The molecule has 0 aromatic heterocycles. The predicted molar refractivity (Wildman–Crippen MR) is 74.2 cm³/mol. The summed E-state index contributed by atoms with van der Waals surface area (Å²) in [5.74, 6) is -1.00. The molecule has 0 saturated heterocycles. The first-order valence-electron chi connectivity index (χ1n) is 6.73. The minimum absolute atomic E-state index is 0.109. The van der Waals surface area contributed by atoms with Crippen LogP contribution in [0, 0.1) is 0 Å². The fraction of sp³-hybridized carbons (Fsp3) is 0.500. The van der Waals surface area contributed by atoms with Crippen molar-refractivity contribution < 1.29 is 37.7 Å². The number of alkyl halides is 3. The van der Waals surface area contributed by atoms with Crippen LogP contribution in [0.1, 0.15) is 23.2 Å². The number of halogens is 3. The number of methoxy groups -OCH3 is 1. The number of ether oxygens (including phenoxy) is 2. The second kappa shape index (κ2) is 8.59. The van der Waals surface area contributed by atoms with E-state index in [1.807, 2.05) is 0 Å². The van der Waals surface area contributed by atoms with Gasteiger partial charge in [0.2, 0.25) is 0 Å². The van der Waals surface area contributed by atoms with Gasteiger partial charge in [-0.1, -0.05) is 0 Å². The van der Waals surface area contributed by atoms with E-state index >= 15 is 0 Å². The number of aromatic hydroxyl groups is 1. The van der Waals surface area contributed by atoms with E-state index in [0.717, 1.165) is 6.07 Å². The van der Waals surface area contributed by atoms with E-state index in [2.05, 4.69) is 10.1 Å². The maximum absolute atomic E-state index is 12.0. The molecule has 23 heavy (non-hydrogen) atoms. The van der Waals surface area contributed by atoms with Crippen molar-refractivity contribution in [2.24, 2.45) is 0 Å². The third-order valence-corrected chi connectivity index (χ3v) is 2.71. The smallest absolute Gasteiger partial charge is 0.389 e. The Bertz CT molecular complexity index is 522. The fourth-order valence-electron chi connectivity index (χ4n) is 1.68. The molecule has 3 N–H and O–H groups in total. The second-order valence-corrected chi connectivity index (χ2v) is 4.69. The molecule has 130 valence electrons. The minimum atomic E-state index is -4.24. The molecule has 1 atom stereocenters. The highest BCUT2D eigenvalue weighted by Crippen LogP contribution is 2.25. The largest absolute Gasteiger partial charge is 0.507 e. The van der Waals surface area contributed by atoms with Crippen molar-refractivity contribution in [2.75, 3.05) is 20.3 Å². The van der Waals surface area contributed by atoms with E-state index in [0.29, 0.717) is 0 Å². The number of carbonyl (C=O) groups is 1. The highest BCUT2D eigenvalue weighted by atomic mass is 19.4. The molecule has 0 aliphatic rings. The zero-order chi connectivity index (χ0) is 17.5. The van der Waals surface area contributed by atoms with Crippen LogP contribution < -0.4 is 10.1 Å². The lowest BCUT2D eigenvalue weighted by atomic mass is 10.1. The molecule has 9 heteroatoms. The molecule has 6 nitrogen and oxygen atoms in total. The quantitative estimate of drug-likeness (QED) is 0.497. The Labute approximate surface area is 130 Å². The number of phenols is 1. The number of aliphatic hydroxyl groups is 1. The van der Waals surface area contributed by atoms with Crippen LogP contribution in [0.3, 0.4) is 0 Å². The molecule has 0 fully saturated rings. The van der Waals surface area contributed by atoms with Crippen molar-refractivity contribution >= 4 is 5.91 Å². The van der Waals surface area contributed by atoms with E-state index in [9.17, 15) is 28.2 Å². The summed E-state index contributed by atoms with van der Waals surface area (Å²) in [7, 11) is 1.35. The van der Waals surface area contributed by atoms with E-state index < -0.39 is 30.5 Å². The lowest BCUT2D eigenvalue weighted by Gasteiger charge is -2.13. The molecule has 0 spiro atoms. The van der Waals surface area contributed by atoms with Gasteiger partial charge in [-0.05, 0) is 18.6 Å². The van der Waals surface area contributed by atoms with Crippen molar-refractivity contribution in [2.45, 2.75) is 25.2 Å². The SMILES string of the molecule is COCC(O)NC(=O)c1ccc(OCCCC(F)(F)F)cc1O. The van der Waals surface area contributed by atoms with E-state index in [4.69, 9.17) is 4.74 Å².